The summed E-state index contributed by atoms with van der Waals surface area (Å²) in [6, 6.07) is -1.56. The molecular weight excluding hydrogens is 687 g/mol. The number of nitrogens with zero attached hydrogens (tertiary/aromatic N) is 6. The predicted molar refractivity (Wildman–Crippen MR) is 177 cm³/mol. The summed E-state index contributed by atoms with van der Waals surface area (Å²) >= 11 is 2.02. The number of hydrogen-bond donors (Lipinski definition) is 8. The molecule has 0 unspecified atom stereocenters. The number of aromatic nitrogens is 4. The van der Waals surface area contributed by atoms with Gasteiger partial charge in [-0.05, 0) is 27.8 Å². The standard InChI is InChI=1S/C26H37N13O8S2/c1-6-30-18-13(32-25(45)31-8-7-29-4)10-38(37(18)5)9-12-11-48-21-15(20(41)39(21)16(12)22(42)43)33-19(40)14(17-34-24(27)49-36-17)35-47-26(2,3)23(44)46-28/h10,15,21,29H,6-9,11,28H2,1-5H3,(H6,27,31,32,33,34,36,40,42,43,45)/p+1/b35-14-/t15-,21-/m1/s1. The molecule has 23 heteroatoms. The number of carbonyl (C=O) groups excluding carboxylic acids is 4. The molecule has 10 N–H and O–H groups in total. The molecule has 2 aromatic heterocycles. The fourth-order valence-electron chi connectivity index (χ4n) is 4.75. The molecule has 0 bridgehead atoms. The number of hydrogen-bond acceptors (Lipinski definition) is 16. The Balaban J connectivity index is 1.55. The Hall–Kier alpha value is -5.00. The van der Waals surface area contributed by atoms with E-state index in [9.17, 15) is 29.1 Å². The van der Waals surface area contributed by atoms with E-state index >= 15 is 0 Å². The Kier molecular flexibility index (Phi) is 11.6. The molecule has 2 atom stereocenters. The number of rotatable bonds is 15. The number of likely N-dealkylation sites (N-methyl/N-ethyl adjacent to an activating group) is 1. The molecule has 49 heavy (non-hydrogen) atoms. The van der Waals surface area contributed by atoms with Crippen LogP contribution in [0.15, 0.2) is 22.6 Å². The average molecular weight is 725 g/mol. The smallest absolute Gasteiger partial charge is 0.371 e. The first-order valence-corrected chi connectivity index (χ1v) is 16.6. The van der Waals surface area contributed by atoms with Crippen molar-refractivity contribution >= 4 is 75.4 Å². The first-order valence-electron chi connectivity index (χ1n) is 14.7. The van der Waals surface area contributed by atoms with E-state index in [-0.39, 0.29) is 29.0 Å². The molecule has 0 aromatic carbocycles. The number of fused-ring (bicyclic) bond motifs is 1. The van der Waals surface area contributed by atoms with Crippen molar-refractivity contribution in [2.24, 2.45) is 18.1 Å². The molecule has 1 saturated heterocycles. The van der Waals surface area contributed by atoms with Gasteiger partial charge in [-0.3, -0.25) is 19.8 Å². The van der Waals surface area contributed by atoms with Gasteiger partial charge in [0.25, 0.3) is 11.8 Å². The SMILES string of the molecule is CCNc1c(NC(=O)NCCNC)c[n+](CC2=C(C(=O)O)N3C(=O)[C@@H](NC(=O)/C(=N\OC(C)(C)C(=O)ON)c4nsc(N)n4)[C@H]3SC2)n1C. The minimum atomic E-state index is -1.71. The molecule has 4 heterocycles. The molecule has 0 saturated carbocycles. The molecule has 2 aliphatic rings. The van der Waals surface area contributed by atoms with Crippen molar-refractivity contribution in [1.82, 2.24) is 34.9 Å². The number of carbonyl (C=O) groups is 5. The van der Waals surface area contributed by atoms with Gasteiger partial charge in [-0.1, -0.05) is 5.16 Å². The average Bonchev–Trinajstić information content (AvgIpc) is 3.61. The van der Waals surface area contributed by atoms with Crippen LogP contribution in [0, 0.1) is 0 Å². The van der Waals surface area contributed by atoms with Gasteiger partial charge in [-0.2, -0.15) is 15.3 Å². The predicted octanol–water partition coefficient (Wildman–Crippen LogP) is -2.13. The third kappa shape index (κ3) is 8.01. The Bertz CT molecular complexity index is 1690. The number of nitrogen functional groups attached to an aromatic ring is 1. The Morgan fingerprint density at radius 3 is 2.61 bits per heavy atom. The van der Waals surface area contributed by atoms with Gasteiger partial charge in [0.05, 0.1) is 7.05 Å². The second-order valence-electron chi connectivity index (χ2n) is 11.0. The zero-order chi connectivity index (χ0) is 36.0. The summed E-state index contributed by atoms with van der Waals surface area (Å²) in [6.45, 7) is 6.10. The van der Waals surface area contributed by atoms with Gasteiger partial charge in [-0.15, -0.1) is 21.1 Å². The van der Waals surface area contributed by atoms with E-state index in [0.717, 1.165) is 16.4 Å². The summed E-state index contributed by atoms with van der Waals surface area (Å²) in [5.41, 5.74) is 4.15. The monoisotopic (exact) mass is 724 g/mol. The van der Waals surface area contributed by atoms with Gasteiger partial charge in [-0.25, -0.2) is 14.4 Å². The van der Waals surface area contributed by atoms with Gasteiger partial charge in [0.15, 0.2) is 23.2 Å². The van der Waals surface area contributed by atoms with E-state index in [1.54, 1.807) is 29.7 Å². The van der Waals surface area contributed by atoms with Crippen molar-refractivity contribution in [2.75, 3.05) is 48.8 Å². The number of nitrogens with two attached hydrogens (primary N) is 2. The van der Waals surface area contributed by atoms with Crippen LogP contribution in [0.5, 0.6) is 0 Å². The lowest BCUT2D eigenvalue weighted by Gasteiger charge is -2.49. The van der Waals surface area contributed by atoms with E-state index in [1.807, 2.05) is 6.92 Å². The third-order valence-corrected chi connectivity index (χ3v) is 9.10. The lowest BCUT2D eigenvalue weighted by Crippen LogP contribution is -2.71. The topological polar surface area (TPSA) is 286 Å². The number of thioether (sulfide) groups is 1. The molecule has 0 spiro atoms. The van der Waals surface area contributed by atoms with Crippen LogP contribution in [0.2, 0.25) is 0 Å². The lowest BCUT2D eigenvalue weighted by molar-refractivity contribution is -0.765. The Morgan fingerprint density at radius 2 is 2.00 bits per heavy atom. The number of oxime groups is 1. The van der Waals surface area contributed by atoms with Crippen LogP contribution in [0.1, 0.15) is 26.6 Å². The summed E-state index contributed by atoms with van der Waals surface area (Å²) in [6.07, 6.45) is 1.66. The number of amides is 4. The molecule has 2 aliphatic heterocycles. The highest BCUT2D eigenvalue weighted by atomic mass is 32.2. The molecule has 21 nitrogen and oxygen atoms in total. The summed E-state index contributed by atoms with van der Waals surface area (Å²) in [7, 11) is 3.52. The maximum atomic E-state index is 13.4. The quantitative estimate of drug-likeness (QED) is 0.0320. The first kappa shape index (κ1) is 36.8. The molecule has 266 valence electrons. The Morgan fingerprint density at radius 1 is 1.27 bits per heavy atom. The highest BCUT2D eigenvalue weighted by Gasteiger charge is 2.55. The maximum Gasteiger partial charge on any atom is 0.371 e. The summed E-state index contributed by atoms with van der Waals surface area (Å²) < 4.78 is 7.41. The van der Waals surface area contributed by atoms with Crippen molar-refractivity contribution in [1.29, 1.82) is 0 Å². The summed E-state index contributed by atoms with van der Waals surface area (Å²) in [5, 5.41) is 27.5. The van der Waals surface area contributed by atoms with Gasteiger partial charge in [0.1, 0.15) is 17.1 Å². The lowest BCUT2D eigenvalue weighted by atomic mass is 10.0. The molecule has 4 rings (SSSR count). The van der Waals surface area contributed by atoms with E-state index in [1.165, 1.54) is 25.6 Å². The second-order valence-corrected chi connectivity index (χ2v) is 12.9. The molecule has 0 aliphatic carbocycles. The van der Waals surface area contributed by atoms with E-state index in [0.29, 0.717) is 36.7 Å². The maximum absolute atomic E-state index is 13.4. The molecular formula is C26H38N13O8S2+. The van der Waals surface area contributed by atoms with Crippen molar-refractivity contribution < 1.29 is 43.4 Å². The molecule has 2 aromatic rings. The van der Waals surface area contributed by atoms with Crippen LogP contribution >= 0.6 is 23.3 Å². The number of urea groups is 1. The zero-order valence-corrected chi connectivity index (χ0v) is 28.9. The van der Waals surface area contributed by atoms with Crippen LogP contribution in [0.3, 0.4) is 0 Å². The van der Waals surface area contributed by atoms with Crippen molar-refractivity contribution in [3.63, 3.8) is 0 Å². The highest BCUT2D eigenvalue weighted by Crippen LogP contribution is 2.40. The van der Waals surface area contributed by atoms with Gasteiger partial charge in [0, 0.05) is 42.5 Å². The van der Waals surface area contributed by atoms with Gasteiger partial charge >= 0.3 is 18.0 Å². The van der Waals surface area contributed by atoms with Crippen molar-refractivity contribution in [3.8, 4) is 0 Å². The summed E-state index contributed by atoms with van der Waals surface area (Å²) in [5.74, 6) is 1.58. The van der Waals surface area contributed by atoms with E-state index < -0.39 is 52.5 Å². The van der Waals surface area contributed by atoms with Crippen LogP contribution in [-0.2, 0) is 42.4 Å². The van der Waals surface area contributed by atoms with Crippen LogP contribution in [0.25, 0.3) is 0 Å². The number of nitrogens with one attached hydrogen (secondary N) is 5. The number of carboxylic acids is 1. The van der Waals surface area contributed by atoms with E-state index in [4.69, 9.17) is 16.5 Å². The molecule has 0 radical (unpaired) electrons. The molecule has 4 amide bonds. The van der Waals surface area contributed by atoms with Gasteiger partial charge in [0.2, 0.25) is 23.3 Å². The number of anilines is 3. The van der Waals surface area contributed by atoms with Crippen LogP contribution < -0.4 is 42.9 Å². The van der Waals surface area contributed by atoms with E-state index in [2.05, 4.69) is 45.9 Å². The number of aliphatic carboxylic acids is 1. The van der Waals surface area contributed by atoms with Crippen molar-refractivity contribution in [2.45, 2.75) is 44.3 Å². The third-order valence-electron chi connectivity index (χ3n) is 7.22. The fraction of sp³-hybridized carbons (Fsp3) is 0.500. The number of β-lactam (4-membered cyclic amide) rings is 1. The normalized spacial score (nSPS) is 17.6. The Labute approximate surface area is 287 Å². The van der Waals surface area contributed by atoms with Crippen molar-refractivity contribution in [3.05, 3.63) is 23.3 Å². The van der Waals surface area contributed by atoms with Gasteiger partial charge < -0.3 is 41.8 Å². The largest absolute Gasteiger partial charge is 0.477 e. The minimum absolute atomic E-state index is 0.0120. The van der Waals surface area contributed by atoms with Crippen LogP contribution in [-0.4, -0.2) is 109 Å². The highest BCUT2D eigenvalue weighted by molar-refractivity contribution is 8.00. The number of carboxylic acid groups (broad SMARTS) is 1. The summed E-state index contributed by atoms with van der Waals surface area (Å²) in [4.78, 5) is 78.2. The molecule has 1 fully saturated rings. The first-order chi connectivity index (χ1) is 23.2. The zero-order valence-electron chi connectivity index (χ0n) is 27.2. The minimum Gasteiger partial charge on any atom is -0.477 e. The fourth-order valence-corrected chi connectivity index (χ4v) is 6.52. The second kappa shape index (κ2) is 15.5. The van der Waals surface area contributed by atoms with Crippen LogP contribution in [0.4, 0.5) is 21.4 Å².